The SMILES string of the molecule is Cc1ccc(-c2cnc(Cl)c(N)c2)cc1. The summed E-state index contributed by atoms with van der Waals surface area (Å²) >= 11 is 5.76. The molecule has 0 radical (unpaired) electrons. The molecule has 3 heteroatoms. The van der Waals surface area contributed by atoms with Crippen molar-refractivity contribution in [3.05, 3.63) is 47.2 Å². The Morgan fingerprint density at radius 2 is 1.80 bits per heavy atom. The van der Waals surface area contributed by atoms with Crippen LogP contribution >= 0.6 is 11.6 Å². The largest absolute Gasteiger partial charge is 0.396 e. The monoisotopic (exact) mass is 218 g/mol. The minimum absolute atomic E-state index is 0.353. The summed E-state index contributed by atoms with van der Waals surface area (Å²) in [6.07, 6.45) is 1.73. The molecule has 0 aliphatic heterocycles. The summed E-state index contributed by atoms with van der Waals surface area (Å²) in [6, 6.07) is 10.0. The van der Waals surface area contributed by atoms with Gasteiger partial charge in [-0.1, -0.05) is 41.4 Å². The quantitative estimate of drug-likeness (QED) is 0.746. The molecular formula is C12H11ClN2. The first-order chi connectivity index (χ1) is 7.16. The third kappa shape index (κ3) is 2.10. The van der Waals surface area contributed by atoms with Crippen molar-refractivity contribution in [1.29, 1.82) is 0 Å². The Labute approximate surface area is 93.7 Å². The predicted molar refractivity (Wildman–Crippen MR) is 63.8 cm³/mol. The summed E-state index contributed by atoms with van der Waals surface area (Å²) in [4.78, 5) is 4.02. The summed E-state index contributed by atoms with van der Waals surface area (Å²) in [6.45, 7) is 2.05. The maximum Gasteiger partial charge on any atom is 0.151 e. The highest BCUT2D eigenvalue weighted by Crippen LogP contribution is 2.24. The summed E-state index contributed by atoms with van der Waals surface area (Å²) in [5.74, 6) is 0. The number of nitrogens with two attached hydrogens (primary N) is 1. The van der Waals surface area contributed by atoms with E-state index in [0.29, 0.717) is 10.8 Å². The van der Waals surface area contributed by atoms with Crippen LogP contribution in [0.4, 0.5) is 5.69 Å². The van der Waals surface area contributed by atoms with Crippen molar-refractivity contribution in [3.63, 3.8) is 0 Å². The van der Waals surface area contributed by atoms with Crippen LogP contribution in [-0.2, 0) is 0 Å². The molecule has 2 N–H and O–H groups in total. The normalized spacial score (nSPS) is 10.3. The number of nitrogen functional groups attached to an aromatic ring is 1. The molecule has 0 spiro atoms. The number of hydrogen-bond donors (Lipinski definition) is 1. The zero-order chi connectivity index (χ0) is 10.8. The highest BCUT2D eigenvalue weighted by molar-refractivity contribution is 6.31. The van der Waals surface area contributed by atoms with Gasteiger partial charge < -0.3 is 5.73 Å². The van der Waals surface area contributed by atoms with E-state index in [1.54, 1.807) is 6.20 Å². The standard InChI is InChI=1S/C12H11ClN2/c1-8-2-4-9(5-3-8)10-6-11(14)12(13)15-7-10/h2-7H,14H2,1H3. The number of aryl methyl sites for hydroxylation is 1. The molecule has 0 aliphatic carbocycles. The zero-order valence-corrected chi connectivity index (χ0v) is 9.12. The van der Waals surface area contributed by atoms with Gasteiger partial charge in [-0.05, 0) is 18.6 Å². The molecule has 0 amide bonds. The Balaban J connectivity index is 2.45. The van der Waals surface area contributed by atoms with Gasteiger partial charge in [0.2, 0.25) is 0 Å². The van der Waals surface area contributed by atoms with Gasteiger partial charge in [0.05, 0.1) is 5.69 Å². The average Bonchev–Trinajstić information content (AvgIpc) is 2.23. The van der Waals surface area contributed by atoms with E-state index in [9.17, 15) is 0 Å². The first-order valence-corrected chi connectivity index (χ1v) is 5.02. The van der Waals surface area contributed by atoms with Crippen LogP contribution in [0, 0.1) is 6.92 Å². The summed E-state index contributed by atoms with van der Waals surface area (Å²) in [7, 11) is 0. The third-order valence-electron chi connectivity index (χ3n) is 2.25. The lowest BCUT2D eigenvalue weighted by Crippen LogP contribution is -1.90. The van der Waals surface area contributed by atoms with E-state index in [-0.39, 0.29) is 0 Å². The van der Waals surface area contributed by atoms with Crippen LogP contribution in [0.1, 0.15) is 5.56 Å². The predicted octanol–water partition coefficient (Wildman–Crippen LogP) is 3.29. The van der Waals surface area contributed by atoms with E-state index in [1.807, 2.05) is 18.2 Å². The van der Waals surface area contributed by atoms with Crippen molar-refractivity contribution in [2.75, 3.05) is 5.73 Å². The van der Waals surface area contributed by atoms with Crippen LogP contribution in [0.15, 0.2) is 36.5 Å². The molecule has 0 aliphatic rings. The number of halogens is 1. The average molecular weight is 219 g/mol. The van der Waals surface area contributed by atoms with Crippen LogP contribution in [0.3, 0.4) is 0 Å². The number of anilines is 1. The Kier molecular flexibility index (Phi) is 2.60. The molecule has 0 fully saturated rings. The fourth-order valence-corrected chi connectivity index (χ4v) is 1.47. The second kappa shape index (κ2) is 3.91. The van der Waals surface area contributed by atoms with E-state index in [2.05, 4.69) is 24.0 Å². The minimum atomic E-state index is 0.353. The Hall–Kier alpha value is -1.54. The smallest absolute Gasteiger partial charge is 0.151 e. The molecule has 0 atom stereocenters. The molecule has 1 aromatic heterocycles. The van der Waals surface area contributed by atoms with Gasteiger partial charge in [-0.15, -0.1) is 0 Å². The van der Waals surface area contributed by atoms with Crippen molar-refractivity contribution < 1.29 is 0 Å². The lowest BCUT2D eigenvalue weighted by Gasteiger charge is -2.03. The molecule has 0 bridgehead atoms. The molecule has 15 heavy (non-hydrogen) atoms. The van der Waals surface area contributed by atoms with Crippen LogP contribution in [-0.4, -0.2) is 4.98 Å². The van der Waals surface area contributed by atoms with Crippen molar-refractivity contribution in [3.8, 4) is 11.1 Å². The molecule has 2 rings (SSSR count). The molecule has 2 nitrogen and oxygen atoms in total. The Bertz CT molecular complexity index is 477. The second-order valence-electron chi connectivity index (χ2n) is 3.47. The number of nitrogens with zero attached hydrogens (tertiary/aromatic N) is 1. The maximum absolute atomic E-state index is 5.76. The first kappa shape index (κ1) is 9.99. The molecule has 0 saturated heterocycles. The lowest BCUT2D eigenvalue weighted by molar-refractivity contribution is 1.33. The van der Waals surface area contributed by atoms with Crippen LogP contribution in [0.25, 0.3) is 11.1 Å². The number of rotatable bonds is 1. The first-order valence-electron chi connectivity index (χ1n) is 4.65. The third-order valence-corrected chi connectivity index (χ3v) is 2.57. The summed E-state index contributed by atoms with van der Waals surface area (Å²) < 4.78 is 0. The molecule has 76 valence electrons. The van der Waals surface area contributed by atoms with Gasteiger partial charge in [-0.3, -0.25) is 0 Å². The van der Waals surface area contributed by atoms with E-state index < -0.39 is 0 Å². The van der Waals surface area contributed by atoms with Crippen molar-refractivity contribution in [2.24, 2.45) is 0 Å². The van der Waals surface area contributed by atoms with Gasteiger partial charge in [0.15, 0.2) is 5.15 Å². The van der Waals surface area contributed by atoms with E-state index in [4.69, 9.17) is 17.3 Å². The molecule has 1 heterocycles. The Morgan fingerprint density at radius 3 is 2.40 bits per heavy atom. The van der Waals surface area contributed by atoms with Gasteiger partial charge in [0, 0.05) is 11.8 Å². The molecular weight excluding hydrogens is 208 g/mol. The molecule has 2 aromatic rings. The second-order valence-corrected chi connectivity index (χ2v) is 3.83. The zero-order valence-electron chi connectivity index (χ0n) is 8.37. The van der Waals surface area contributed by atoms with Crippen molar-refractivity contribution in [2.45, 2.75) is 6.92 Å². The van der Waals surface area contributed by atoms with E-state index >= 15 is 0 Å². The Morgan fingerprint density at radius 1 is 1.13 bits per heavy atom. The van der Waals surface area contributed by atoms with Gasteiger partial charge in [-0.25, -0.2) is 4.98 Å². The number of pyridine rings is 1. The van der Waals surface area contributed by atoms with Gasteiger partial charge in [0.1, 0.15) is 0 Å². The number of aromatic nitrogens is 1. The van der Waals surface area contributed by atoms with Crippen LogP contribution in [0.2, 0.25) is 5.15 Å². The fourth-order valence-electron chi connectivity index (χ4n) is 1.37. The van der Waals surface area contributed by atoms with E-state index in [1.165, 1.54) is 5.56 Å². The molecule has 1 aromatic carbocycles. The van der Waals surface area contributed by atoms with Crippen LogP contribution < -0.4 is 5.73 Å². The van der Waals surface area contributed by atoms with Crippen LogP contribution in [0.5, 0.6) is 0 Å². The highest BCUT2D eigenvalue weighted by atomic mass is 35.5. The highest BCUT2D eigenvalue weighted by Gasteiger charge is 2.01. The lowest BCUT2D eigenvalue weighted by atomic mass is 10.1. The minimum Gasteiger partial charge on any atom is -0.396 e. The molecule has 0 unspecified atom stereocenters. The van der Waals surface area contributed by atoms with Gasteiger partial charge in [0.25, 0.3) is 0 Å². The number of hydrogen-bond acceptors (Lipinski definition) is 2. The van der Waals surface area contributed by atoms with Crippen molar-refractivity contribution >= 4 is 17.3 Å². The summed E-state index contributed by atoms with van der Waals surface area (Å²) in [5.41, 5.74) is 9.51. The summed E-state index contributed by atoms with van der Waals surface area (Å²) in [5, 5.41) is 0.353. The number of benzene rings is 1. The van der Waals surface area contributed by atoms with Gasteiger partial charge >= 0.3 is 0 Å². The van der Waals surface area contributed by atoms with Crippen molar-refractivity contribution in [1.82, 2.24) is 4.98 Å². The van der Waals surface area contributed by atoms with Gasteiger partial charge in [-0.2, -0.15) is 0 Å². The molecule has 0 saturated carbocycles. The fraction of sp³-hybridized carbons (Fsp3) is 0.0833. The maximum atomic E-state index is 5.76. The topological polar surface area (TPSA) is 38.9 Å². The van der Waals surface area contributed by atoms with E-state index in [0.717, 1.165) is 11.1 Å².